The summed E-state index contributed by atoms with van der Waals surface area (Å²) in [5, 5.41) is 22.9. The van der Waals surface area contributed by atoms with Gasteiger partial charge < -0.3 is 14.6 Å². The van der Waals surface area contributed by atoms with Crippen LogP contribution in [0.4, 0.5) is 0 Å². The third-order valence-electron chi connectivity index (χ3n) is 6.34. The zero-order valence-corrected chi connectivity index (χ0v) is 19.1. The number of β-amino-alcohol motifs (C(OH)–C–C–N with tert-alkyl or cyclic N) is 1. The lowest BCUT2D eigenvalue weighted by Gasteiger charge is -2.31. The molecule has 7 heteroatoms. The molecular weight excluding hydrogens is 400 g/mol. The fourth-order valence-electron chi connectivity index (χ4n) is 4.57. The summed E-state index contributed by atoms with van der Waals surface area (Å²) in [6, 6.07) is 4.80. The Morgan fingerprint density at radius 2 is 1.97 bits per heavy atom. The number of nitrogens with zero attached hydrogens (tertiary/aromatic N) is 4. The molecule has 1 atom stereocenters. The summed E-state index contributed by atoms with van der Waals surface area (Å²) < 4.78 is 2.40. The predicted molar refractivity (Wildman–Crippen MR) is 121 cm³/mol. The fourth-order valence-corrected chi connectivity index (χ4v) is 6.21. The first kappa shape index (κ1) is 21.3. The van der Waals surface area contributed by atoms with E-state index in [1.807, 2.05) is 0 Å². The van der Waals surface area contributed by atoms with E-state index < -0.39 is 0 Å². The van der Waals surface area contributed by atoms with Crippen molar-refractivity contribution in [1.82, 2.24) is 19.7 Å². The number of piperidine rings is 1. The second-order valence-corrected chi connectivity index (χ2v) is 10.8. The fraction of sp³-hybridized carbons (Fsp3) is 0.727. The van der Waals surface area contributed by atoms with Crippen molar-refractivity contribution >= 4 is 23.1 Å². The molecule has 29 heavy (non-hydrogen) atoms. The van der Waals surface area contributed by atoms with Gasteiger partial charge in [0.15, 0.2) is 5.16 Å². The van der Waals surface area contributed by atoms with E-state index in [1.54, 1.807) is 23.1 Å². The highest BCUT2D eigenvalue weighted by Crippen LogP contribution is 2.33. The molecule has 0 radical (unpaired) electrons. The molecule has 4 rings (SSSR count). The number of aliphatic hydroxyl groups excluding tert-OH is 1. The van der Waals surface area contributed by atoms with E-state index >= 15 is 0 Å². The van der Waals surface area contributed by atoms with Gasteiger partial charge in [-0.3, -0.25) is 0 Å². The molecule has 2 fully saturated rings. The van der Waals surface area contributed by atoms with Crippen LogP contribution in [0.3, 0.4) is 0 Å². The van der Waals surface area contributed by atoms with Gasteiger partial charge in [-0.15, -0.1) is 21.5 Å². The van der Waals surface area contributed by atoms with Crippen molar-refractivity contribution < 1.29 is 5.11 Å². The van der Waals surface area contributed by atoms with E-state index in [1.165, 1.54) is 49.8 Å². The molecule has 2 aliphatic rings. The maximum absolute atomic E-state index is 10.6. The SMILES string of the molecule is CC1CCN(CC(O)CSc2nnc(Cc3cccs3)n2C2CCCCC2)CC1. The molecule has 1 N–H and O–H groups in total. The van der Waals surface area contributed by atoms with Crippen molar-refractivity contribution in [1.29, 1.82) is 0 Å². The number of likely N-dealkylation sites (tertiary alicyclic amines) is 1. The molecule has 1 saturated carbocycles. The van der Waals surface area contributed by atoms with Crippen LogP contribution >= 0.6 is 23.1 Å². The van der Waals surface area contributed by atoms with Gasteiger partial charge in [0.1, 0.15) is 5.82 Å². The zero-order valence-electron chi connectivity index (χ0n) is 17.5. The summed E-state index contributed by atoms with van der Waals surface area (Å²) in [4.78, 5) is 3.75. The van der Waals surface area contributed by atoms with Crippen LogP contribution in [0.1, 0.15) is 68.6 Å². The molecule has 160 valence electrons. The zero-order chi connectivity index (χ0) is 20.1. The summed E-state index contributed by atoms with van der Waals surface area (Å²) >= 11 is 3.47. The smallest absolute Gasteiger partial charge is 0.191 e. The monoisotopic (exact) mass is 434 g/mol. The van der Waals surface area contributed by atoms with E-state index in [0.29, 0.717) is 11.8 Å². The van der Waals surface area contributed by atoms with E-state index in [-0.39, 0.29) is 6.10 Å². The maximum Gasteiger partial charge on any atom is 0.191 e. The van der Waals surface area contributed by atoms with Crippen LogP contribution < -0.4 is 0 Å². The van der Waals surface area contributed by atoms with Crippen molar-refractivity contribution in [2.24, 2.45) is 5.92 Å². The van der Waals surface area contributed by atoms with Gasteiger partial charge in [-0.1, -0.05) is 44.0 Å². The van der Waals surface area contributed by atoms with Gasteiger partial charge in [0.2, 0.25) is 0 Å². The number of thioether (sulfide) groups is 1. The predicted octanol–water partition coefficient (Wildman–Crippen LogP) is 4.62. The molecule has 1 aliphatic heterocycles. The minimum Gasteiger partial charge on any atom is -0.391 e. The number of aliphatic hydroxyl groups is 1. The highest BCUT2D eigenvalue weighted by Gasteiger charge is 2.24. The van der Waals surface area contributed by atoms with Crippen LogP contribution in [-0.4, -0.2) is 56.3 Å². The second-order valence-electron chi connectivity index (χ2n) is 8.76. The minimum absolute atomic E-state index is 0.314. The van der Waals surface area contributed by atoms with Crippen molar-refractivity contribution in [3.63, 3.8) is 0 Å². The number of hydrogen-bond acceptors (Lipinski definition) is 6. The summed E-state index contributed by atoms with van der Waals surface area (Å²) in [6.07, 6.45) is 9.41. The highest BCUT2D eigenvalue weighted by atomic mass is 32.2. The lowest BCUT2D eigenvalue weighted by Crippen LogP contribution is -2.39. The molecule has 0 bridgehead atoms. The summed E-state index contributed by atoms with van der Waals surface area (Å²) in [5.74, 6) is 2.60. The van der Waals surface area contributed by atoms with Crippen LogP contribution in [0.5, 0.6) is 0 Å². The van der Waals surface area contributed by atoms with Crippen molar-refractivity contribution in [2.45, 2.75) is 75.6 Å². The normalized spacial score (nSPS) is 20.9. The quantitative estimate of drug-likeness (QED) is 0.615. The number of aromatic nitrogens is 3. The summed E-state index contributed by atoms with van der Waals surface area (Å²) in [5.41, 5.74) is 0. The molecule has 1 aliphatic carbocycles. The Balaban J connectivity index is 1.40. The Kier molecular flexibility index (Phi) is 7.67. The minimum atomic E-state index is -0.314. The van der Waals surface area contributed by atoms with Crippen LogP contribution in [-0.2, 0) is 6.42 Å². The molecular formula is C22H34N4OS2. The third kappa shape index (κ3) is 5.84. The first-order valence-corrected chi connectivity index (χ1v) is 13.0. The van der Waals surface area contributed by atoms with Gasteiger partial charge in [0, 0.05) is 29.6 Å². The van der Waals surface area contributed by atoms with Gasteiger partial charge in [0.25, 0.3) is 0 Å². The lowest BCUT2D eigenvalue weighted by molar-refractivity contribution is 0.105. The third-order valence-corrected chi connectivity index (χ3v) is 8.30. The van der Waals surface area contributed by atoms with Gasteiger partial charge in [-0.2, -0.15) is 0 Å². The molecule has 2 aromatic rings. The molecule has 0 amide bonds. The largest absolute Gasteiger partial charge is 0.391 e. The molecule has 2 aromatic heterocycles. The van der Waals surface area contributed by atoms with Crippen LogP contribution in [0.2, 0.25) is 0 Å². The van der Waals surface area contributed by atoms with E-state index in [4.69, 9.17) is 0 Å². The topological polar surface area (TPSA) is 54.2 Å². The molecule has 0 spiro atoms. The molecule has 1 saturated heterocycles. The van der Waals surface area contributed by atoms with Crippen molar-refractivity contribution in [3.05, 3.63) is 28.2 Å². The number of thiophene rings is 1. The van der Waals surface area contributed by atoms with E-state index in [9.17, 15) is 5.11 Å². The Morgan fingerprint density at radius 1 is 1.17 bits per heavy atom. The van der Waals surface area contributed by atoms with Crippen LogP contribution in [0, 0.1) is 5.92 Å². The first-order chi connectivity index (χ1) is 14.2. The first-order valence-electron chi connectivity index (χ1n) is 11.2. The Hall–Kier alpha value is -0.890. The second kappa shape index (κ2) is 10.4. The molecule has 3 heterocycles. The van der Waals surface area contributed by atoms with Crippen LogP contribution in [0.15, 0.2) is 22.7 Å². The van der Waals surface area contributed by atoms with Crippen molar-refractivity contribution in [3.8, 4) is 0 Å². The van der Waals surface area contributed by atoms with Gasteiger partial charge in [0.05, 0.1) is 6.10 Å². The summed E-state index contributed by atoms with van der Waals surface area (Å²) in [7, 11) is 0. The summed E-state index contributed by atoms with van der Waals surface area (Å²) in [6.45, 7) is 5.34. The van der Waals surface area contributed by atoms with Gasteiger partial charge in [-0.05, 0) is 56.1 Å². The maximum atomic E-state index is 10.6. The lowest BCUT2D eigenvalue weighted by atomic mass is 9.95. The highest BCUT2D eigenvalue weighted by molar-refractivity contribution is 7.99. The molecule has 5 nitrogen and oxygen atoms in total. The average Bonchev–Trinajstić information content (AvgIpc) is 3.39. The van der Waals surface area contributed by atoms with Gasteiger partial charge in [-0.25, -0.2) is 0 Å². The number of hydrogen-bond donors (Lipinski definition) is 1. The Bertz CT molecular complexity index is 734. The Labute approximate surface area is 182 Å². The number of rotatable bonds is 8. The Morgan fingerprint density at radius 3 is 2.69 bits per heavy atom. The average molecular weight is 435 g/mol. The standard InChI is InChI=1S/C22H34N4OS2/c1-17-9-11-25(12-10-17)15-19(27)16-29-22-24-23-21(14-20-8-5-13-28-20)26(22)18-6-3-2-4-7-18/h5,8,13,17-19,27H,2-4,6-7,9-12,14-16H2,1H3. The van der Waals surface area contributed by atoms with Crippen molar-refractivity contribution in [2.75, 3.05) is 25.4 Å². The molecule has 1 unspecified atom stereocenters. The van der Waals surface area contributed by atoms with E-state index in [2.05, 4.69) is 44.1 Å². The van der Waals surface area contributed by atoms with Gasteiger partial charge >= 0.3 is 0 Å². The van der Waals surface area contributed by atoms with E-state index in [0.717, 1.165) is 43.0 Å². The van der Waals surface area contributed by atoms with Crippen LogP contribution in [0.25, 0.3) is 0 Å². The molecule has 0 aromatic carbocycles.